The number of aromatic hydroxyl groups is 1. The van der Waals surface area contributed by atoms with Crippen LogP contribution in [0.15, 0.2) is 18.2 Å². The standard InChI is InChI=1S/C12H13ClN2O4/c13-8-5-7(1-2-9(8)16)10(17)15-4-3-12(14,6-15)11(18)19/h1-2,5,16H,3-4,6,14H2,(H,18,19). The van der Waals surface area contributed by atoms with Crippen LogP contribution in [-0.2, 0) is 4.79 Å². The second-order valence-corrected chi connectivity index (χ2v) is 5.01. The number of phenolic OH excluding ortho intramolecular Hbond substituents is 1. The van der Waals surface area contributed by atoms with Gasteiger partial charge >= 0.3 is 5.97 Å². The first kappa shape index (κ1) is 13.6. The van der Waals surface area contributed by atoms with Crippen molar-refractivity contribution >= 4 is 23.5 Å². The van der Waals surface area contributed by atoms with Gasteiger partial charge in [0, 0.05) is 18.7 Å². The fourth-order valence-corrected chi connectivity index (χ4v) is 2.18. The lowest BCUT2D eigenvalue weighted by molar-refractivity contribution is -0.142. The number of halogens is 1. The number of carbonyl (C=O) groups excluding carboxylic acids is 1. The number of likely N-dealkylation sites (tertiary alicyclic amines) is 1. The molecule has 6 nitrogen and oxygen atoms in total. The maximum atomic E-state index is 12.2. The Labute approximate surface area is 114 Å². The Hall–Kier alpha value is -1.79. The van der Waals surface area contributed by atoms with Crippen LogP contribution in [0.3, 0.4) is 0 Å². The van der Waals surface area contributed by atoms with Gasteiger partial charge in [0.05, 0.1) is 5.02 Å². The molecule has 2 rings (SSSR count). The van der Waals surface area contributed by atoms with Gasteiger partial charge in [-0.3, -0.25) is 9.59 Å². The summed E-state index contributed by atoms with van der Waals surface area (Å²) in [6.07, 6.45) is 0.208. The largest absolute Gasteiger partial charge is 0.506 e. The highest BCUT2D eigenvalue weighted by Gasteiger charge is 2.43. The molecule has 1 aliphatic rings. The van der Waals surface area contributed by atoms with Crippen LogP contribution in [0.4, 0.5) is 0 Å². The van der Waals surface area contributed by atoms with Gasteiger partial charge in [0.1, 0.15) is 11.3 Å². The molecule has 1 aliphatic heterocycles. The van der Waals surface area contributed by atoms with Gasteiger partial charge in [0.2, 0.25) is 0 Å². The van der Waals surface area contributed by atoms with Crippen molar-refractivity contribution in [1.29, 1.82) is 0 Å². The number of rotatable bonds is 2. The van der Waals surface area contributed by atoms with Gasteiger partial charge in [0.15, 0.2) is 0 Å². The van der Waals surface area contributed by atoms with Crippen LogP contribution in [0.1, 0.15) is 16.8 Å². The van der Waals surface area contributed by atoms with E-state index in [1.165, 1.54) is 23.1 Å². The molecule has 0 saturated carbocycles. The molecular weight excluding hydrogens is 272 g/mol. The van der Waals surface area contributed by atoms with Crippen molar-refractivity contribution in [3.8, 4) is 5.75 Å². The molecule has 102 valence electrons. The highest BCUT2D eigenvalue weighted by atomic mass is 35.5. The number of phenols is 1. The number of carboxylic acid groups (broad SMARTS) is 1. The minimum atomic E-state index is -1.39. The average molecular weight is 285 g/mol. The van der Waals surface area contributed by atoms with Crippen LogP contribution in [0.25, 0.3) is 0 Å². The number of carbonyl (C=O) groups is 2. The molecule has 1 heterocycles. The SMILES string of the molecule is NC1(C(=O)O)CCN(C(=O)c2ccc(O)c(Cl)c2)C1. The predicted octanol–water partition coefficient (Wildman–Crippen LogP) is 0.674. The first-order valence-corrected chi connectivity index (χ1v) is 6.01. The third-order valence-corrected chi connectivity index (χ3v) is 3.51. The molecule has 0 aromatic heterocycles. The number of hydrogen-bond acceptors (Lipinski definition) is 4. The number of hydrogen-bond donors (Lipinski definition) is 3. The first-order chi connectivity index (χ1) is 8.83. The number of benzene rings is 1. The second-order valence-electron chi connectivity index (χ2n) is 4.60. The molecule has 19 heavy (non-hydrogen) atoms. The van der Waals surface area contributed by atoms with E-state index in [9.17, 15) is 14.7 Å². The third-order valence-electron chi connectivity index (χ3n) is 3.21. The lowest BCUT2D eigenvalue weighted by Crippen LogP contribution is -2.50. The van der Waals surface area contributed by atoms with Gasteiger partial charge < -0.3 is 20.8 Å². The van der Waals surface area contributed by atoms with Crippen molar-refractivity contribution in [3.05, 3.63) is 28.8 Å². The number of nitrogens with two attached hydrogens (primary N) is 1. The summed E-state index contributed by atoms with van der Waals surface area (Å²) in [5.74, 6) is -1.58. The van der Waals surface area contributed by atoms with E-state index in [-0.39, 0.29) is 41.8 Å². The summed E-state index contributed by atoms with van der Waals surface area (Å²) >= 11 is 5.73. The smallest absolute Gasteiger partial charge is 0.325 e. The van der Waals surface area contributed by atoms with E-state index in [1.807, 2.05) is 0 Å². The Balaban J connectivity index is 2.18. The molecule has 4 N–H and O–H groups in total. The average Bonchev–Trinajstić information content (AvgIpc) is 2.76. The van der Waals surface area contributed by atoms with Gasteiger partial charge in [-0.05, 0) is 24.6 Å². The molecule has 0 radical (unpaired) electrons. The molecule has 0 spiro atoms. The monoisotopic (exact) mass is 284 g/mol. The first-order valence-electron chi connectivity index (χ1n) is 5.63. The number of carboxylic acids is 1. The predicted molar refractivity (Wildman–Crippen MR) is 68.2 cm³/mol. The van der Waals surface area contributed by atoms with Crippen molar-refractivity contribution in [2.75, 3.05) is 13.1 Å². The topological polar surface area (TPSA) is 104 Å². The van der Waals surface area contributed by atoms with Crippen molar-refractivity contribution in [3.63, 3.8) is 0 Å². The van der Waals surface area contributed by atoms with Crippen LogP contribution in [-0.4, -0.2) is 45.6 Å². The molecule has 1 atom stereocenters. The summed E-state index contributed by atoms with van der Waals surface area (Å²) in [7, 11) is 0. The van der Waals surface area contributed by atoms with Gasteiger partial charge in [-0.1, -0.05) is 11.6 Å². The Morgan fingerprint density at radius 2 is 2.11 bits per heavy atom. The van der Waals surface area contributed by atoms with Gasteiger partial charge in [-0.15, -0.1) is 0 Å². The summed E-state index contributed by atoms with van der Waals surface area (Å²) in [4.78, 5) is 24.5. The third kappa shape index (κ3) is 2.50. The van der Waals surface area contributed by atoms with E-state index in [0.717, 1.165) is 0 Å². The molecular formula is C12H13ClN2O4. The summed E-state index contributed by atoms with van der Waals surface area (Å²) in [5.41, 5.74) is 4.60. The minimum Gasteiger partial charge on any atom is -0.506 e. The summed E-state index contributed by atoms with van der Waals surface area (Å²) in [5, 5.41) is 18.4. The Kier molecular flexibility index (Phi) is 3.38. The van der Waals surface area contributed by atoms with Crippen LogP contribution < -0.4 is 5.73 Å². The van der Waals surface area contributed by atoms with Crippen molar-refractivity contribution in [1.82, 2.24) is 4.90 Å². The van der Waals surface area contributed by atoms with Gasteiger partial charge in [-0.2, -0.15) is 0 Å². The Morgan fingerprint density at radius 1 is 1.42 bits per heavy atom. The molecule has 1 saturated heterocycles. The molecule has 1 unspecified atom stereocenters. The summed E-state index contributed by atoms with van der Waals surface area (Å²) in [6.45, 7) is 0.236. The van der Waals surface area contributed by atoms with E-state index < -0.39 is 11.5 Å². The van der Waals surface area contributed by atoms with Crippen LogP contribution in [0.5, 0.6) is 5.75 Å². The minimum absolute atomic E-state index is 0.0420. The molecule has 7 heteroatoms. The Morgan fingerprint density at radius 3 is 2.63 bits per heavy atom. The van der Waals surface area contributed by atoms with E-state index in [4.69, 9.17) is 22.4 Å². The molecule has 1 aromatic rings. The lowest BCUT2D eigenvalue weighted by atomic mass is 10.0. The summed E-state index contributed by atoms with van der Waals surface area (Å²) < 4.78 is 0. The molecule has 0 bridgehead atoms. The second kappa shape index (κ2) is 4.71. The fourth-order valence-electron chi connectivity index (χ4n) is 2.00. The zero-order valence-corrected chi connectivity index (χ0v) is 10.7. The quantitative estimate of drug-likeness (QED) is 0.741. The highest BCUT2D eigenvalue weighted by Crippen LogP contribution is 2.26. The Bertz CT molecular complexity index is 549. The molecule has 0 aliphatic carbocycles. The zero-order chi connectivity index (χ0) is 14.2. The summed E-state index contributed by atoms with van der Waals surface area (Å²) in [6, 6.07) is 4.09. The highest BCUT2D eigenvalue weighted by molar-refractivity contribution is 6.32. The van der Waals surface area contributed by atoms with Gasteiger partial charge in [-0.25, -0.2) is 0 Å². The fraction of sp³-hybridized carbons (Fsp3) is 0.333. The molecule has 1 amide bonds. The number of amides is 1. The zero-order valence-electron chi connectivity index (χ0n) is 9.97. The normalized spacial score (nSPS) is 22.5. The van der Waals surface area contributed by atoms with E-state index in [2.05, 4.69) is 0 Å². The van der Waals surface area contributed by atoms with Crippen LogP contribution in [0.2, 0.25) is 5.02 Å². The van der Waals surface area contributed by atoms with Gasteiger partial charge in [0.25, 0.3) is 5.91 Å². The van der Waals surface area contributed by atoms with Crippen molar-refractivity contribution < 1.29 is 19.8 Å². The van der Waals surface area contributed by atoms with Crippen molar-refractivity contribution in [2.24, 2.45) is 5.73 Å². The van der Waals surface area contributed by atoms with Crippen molar-refractivity contribution in [2.45, 2.75) is 12.0 Å². The van der Waals surface area contributed by atoms with E-state index in [0.29, 0.717) is 0 Å². The number of nitrogens with zero attached hydrogens (tertiary/aromatic N) is 1. The van der Waals surface area contributed by atoms with E-state index in [1.54, 1.807) is 0 Å². The van der Waals surface area contributed by atoms with Crippen LogP contribution >= 0.6 is 11.6 Å². The number of aliphatic carboxylic acids is 1. The molecule has 1 aromatic carbocycles. The maximum Gasteiger partial charge on any atom is 0.325 e. The van der Waals surface area contributed by atoms with E-state index >= 15 is 0 Å². The molecule has 1 fully saturated rings. The van der Waals surface area contributed by atoms with Crippen LogP contribution in [0, 0.1) is 0 Å². The maximum absolute atomic E-state index is 12.2. The lowest BCUT2D eigenvalue weighted by Gasteiger charge is -2.20.